The van der Waals surface area contributed by atoms with E-state index < -0.39 is 17.9 Å². The first-order valence-electron chi connectivity index (χ1n) is 14.2. The molecule has 0 radical (unpaired) electrons. The van der Waals surface area contributed by atoms with Crippen molar-refractivity contribution < 1.29 is 23.1 Å². The maximum atomic E-state index is 14.0. The molecule has 1 N–H and O–H groups in total. The van der Waals surface area contributed by atoms with Gasteiger partial charge in [0.1, 0.15) is 18.1 Å². The van der Waals surface area contributed by atoms with Crippen molar-refractivity contribution in [2.45, 2.75) is 38.6 Å². The SMILES string of the molecule is CC(C)(C)c1ccc(N(C(=O)c2cocn2)C(C(=O)NCCc2cccc(F)c2)c2cnc(N3CCOCC3)nc2)cc1. The normalized spacial score (nSPS) is 14.3. The van der Waals surface area contributed by atoms with Crippen LogP contribution in [0.15, 0.2) is 78.0 Å². The molecule has 0 saturated carbocycles. The monoisotopic (exact) mass is 586 g/mol. The lowest BCUT2D eigenvalue weighted by Gasteiger charge is -2.32. The number of nitrogens with zero attached hydrogens (tertiary/aromatic N) is 5. The molecule has 1 aliphatic heterocycles. The second-order valence-corrected chi connectivity index (χ2v) is 11.3. The number of rotatable bonds is 9. The summed E-state index contributed by atoms with van der Waals surface area (Å²) in [4.78, 5) is 44.5. The fourth-order valence-corrected chi connectivity index (χ4v) is 4.88. The van der Waals surface area contributed by atoms with Gasteiger partial charge in [-0.05, 0) is 47.2 Å². The first kappa shape index (κ1) is 29.8. The highest BCUT2D eigenvalue weighted by Gasteiger charge is 2.35. The Morgan fingerprint density at radius 3 is 2.40 bits per heavy atom. The van der Waals surface area contributed by atoms with Gasteiger partial charge in [0.05, 0.1) is 13.2 Å². The number of carbonyl (C=O) groups excluding carboxylic acids is 2. The van der Waals surface area contributed by atoms with E-state index in [4.69, 9.17) is 9.15 Å². The van der Waals surface area contributed by atoms with Crippen molar-refractivity contribution in [1.29, 1.82) is 0 Å². The molecule has 2 aromatic heterocycles. The predicted octanol–water partition coefficient (Wildman–Crippen LogP) is 4.48. The largest absolute Gasteiger partial charge is 0.451 e. The van der Waals surface area contributed by atoms with E-state index in [1.807, 2.05) is 29.2 Å². The zero-order valence-electron chi connectivity index (χ0n) is 24.5. The molecular weight excluding hydrogens is 551 g/mol. The smallest absolute Gasteiger partial charge is 0.281 e. The van der Waals surface area contributed by atoms with Crippen LogP contribution in [0.4, 0.5) is 16.0 Å². The molecule has 3 heterocycles. The Labute approximate surface area is 249 Å². The lowest BCUT2D eigenvalue weighted by atomic mass is 9.87. The van der Waals surface area contributed by atoms with Crippen LogP contribution in [0.3, 0.4) is 0 Å². The average molecular weight is 587 g/mol. The molecule has 2 aromatic carbocycles. The molecule has 0 bridgehead atoms. The molecule has 224 valence electrons. The molecule has 1 saturated heterocycles. The number of benzene rings is 2. The van der Waals surface area contributed by atoms with Gasteiger partial charge in [-0.15, -0.1) is 0 Å². The van der Waals surface area contributed by atoms with Crippen molar-refractivity contribution in [1.82, 2.24) is 20.3 Å². The van der Waals surface area contributed by atoms with Crippen LogP contribution in [-0.2, 0) is 21.4 Å². The summed E-state index contributed by atoms with van der Waals surface area (Å²) in [5, 5.41) is 2.93. The van der Waals surface area contributed by atoms with Gasteiger partial charge in [0.15, 0.2) is 12.1 Å². The van der Waals surface area contributed by atoms with E-state index >= 15 is 0 Å². The van der Waals surface area contributed by atoms with Gasteiger partial charge in [-0.2, -0.15) is 0 Å². The van der Waals surface area contributed by atoms with Crippen LogP contribution in [0.25, 0.3) is 0 Å². The highest BCUT2D eigenvalue weighted by atomic mass is 19.1. The Hall–Kier alpha value is -4.64. The third-order valence-corrected chi connectivity index (χ3v) is 7.26. The molecule has 43 heavy (non-hydrogen) atoms. The van der Waals surface area contributed by atoms with Crippen LogP contribution in [-0.4, -0.2) is 59.6 Å². The molecule has 4 aromatic rings. The Balaban J connectivity index is 1.51. The van der Waals surface area contributed by atoms with Gasteiger partial charge < -0.3 is 19.4 Å². The maximum Gasteiger partial charge on any atom is 0.281 e. The molecule has 0 spiro atoms. The molecule has 1 atom stereocenters. The van der Waals surface area contributed by atoms with Crippen molar-refractivity contribution in [3.8, 4) is 0 Å². The lowest BCUT2D eigenvalue weighted by molar-refractivity contribution is -0.122. The third-order valence-electron chi connectivity index (χ3n) is 7.26. The number of amides is 2. The van der Waals surface area contributed by atoms with Crippen LogP contribution >= 0.6 is 0 Å². The predicted molar refractivity (Wildman–Crippen MR) is 159 cm³/mol. The van der Waals surface area contributed by atoms with Gasteiger partial charge in [0.25, 0.3) is 5.91 Å². The topological polar surface area (TPSA) is 114 Å². The zero-order chi connectivity index (χ0) is 30.4. The minimum Gasteiger partial charge on any atom is -0.451 e. The molecule has 1 fully saturated rings. The van der Waals surface area contributed by atoms with Gasteiger partial charge in [-0.1, -0.05) is 45.0 Å². The van der Waals surface area contributed by atoms with Crippen LogP contribution in [0.2, 0.25) is 0 Å². The molecule has 1 aliphatic rings. The molecule has 0 aliphatic carbocycles. The Morgan fingerprint density at radius 1 is 1.05 bits per heavy atom. The van der Waals surface area contributed by atoms with E-state index in [1.165, 1.54) is 29.7 Å². The fraction of sp³-hybridized carbons (Fsp3) is 0.344. The minimum atomic E-state index is -1.14. The van der Waals surface area contributed by atoms with E-state index in [9.17, 15) is 14.0 Å². The summed E-state index contributed by atoms with van der Waals surface area (Å²) < 4.78 is 24.3. The van der Waals surface area contributed by atoms with E-state index in [1.54, 1.807) is 24.5 Å². The van der Waals surface area contributed by atoms with Crippen LogP contribution in [0.1, 0.15) is 54.0 Å². The van der Waals surface area contributed by atoms with Gasteiger partial charge in [0, 0.05) is 43.3 Å². The number of anilines is 2. The quantitative estimate of drug-likeness (QED) is 0.305. The van der Waals surface area contributed by atoms with Crippen LogP contribution in [0.5, 0.6) is 0 Å². The minimum absolute atomic E-state index is 0.0447. The first-order chi connectivity index (χ1) is 20.7. The Kier molecular flexibility index (Phi) is 9.10. The number of hydrogen-bond acceptors (Lipinski definition) is 8. The number of halogens is 1. The summed E-state index contributed by atoms with van der Waals surface area (Å²) >= 11 is 0. The van der Waals surface area contributed by atoms with E-state index in [-0.39, 0.29) is 23.5 Å². The van der Waals surface area contributed by atoms with Crippen molar-refractivity contribution >= 4 is 23.5 Å². The first-order valence-corrected chi connectivity index (χ1v) is 14.2. The zero-order valence-corrected chi connectivity index (χ0v) is 24.5. The number of oxazole rings is 1. The van der Waals surface area contributed by atoms with E-state index in [2.05, 4.69) is 41.0 Å². The van der Waals surface area contributed by atoms with Gasteiger partial charge in [-0.25, -0.2) is 19.3 Å². The number of nitrogens with one attached hydrogen (secondary N) is 1. The summed E-state index contributed by atoms with van der Waals surface area (Å²) in [5.41, 5.74) is 2.64. The number of aromatic nitrogens is 3. The number of hydrogen-bond donors (Lipinski definition) is 1. The number of carbonyl (C=O) groups is 2. The van der Waals surface area contributed by atoms with E-state index in [0.29, 0.717) is 49.9 Å². The fourth-order valence-electron chi connectivity index (χ4n) is 4.88. The highest BCUT2D eigenvalue weighted by molar-refractivity contribution is 6.09. The van der Waals surface area contributed by atoms with Crippen molar-refractivity contribution in [2.24, 2.45) is 0 Å². The second-order valence-electron chi connectivity index (χ2n) is 11.3. The summed E-state index contributed by atoms with van der Waals surface area (Å²) in [7, 11) is 0. The third kappa shape index (κ3) is 7.23. The summed E-state index contributed by atoms with van der Waals surface area (Å²) in [6, 6.07) is 12.6. The molecule has 1 unspecified atom stereocenters. The summed E-state index contributed by atoms with van der Waals surface area (Å²) in [6.07, 6.45) is 5.96. The highest BCUT2D eigenvalue weighted by Crippen LogP contribution is 2.32. The molecule has 2 amide bonds. The van der Waals surface area contributed by atoms with Gasteiger partial charge in [-0.3, -0.25) is 14.5 Å². The van der Waals surface area contributed by atoms with Gasteiger partial charge >= 0.3 is 0 Å². The second kappa shape index (κ2) is 13.1. The molecule has 10 nitrogen and oxygen atoms in total. The van der Waals surface area contributed by atoms with Crippen LogP contribution < -0.4 is 15.1 Å². The maximum absolute atomic E-state index is 14.0. The summed E-state index contributed by atoms with van der Waals surface area (Å²) in [6.45, 7) is 8.98. The molecule has 11 heteroatoms. The standard InChI is InChI=1S/C32H35FN6O4/c1-32(2,3)24-7-9-26(10-8-24)39(30(41)27-20-43-21-37-27)28(29(40)34-12-11-22-5-4-6-25(33)17-22)23-18-35-31(36-19-23)38-13-15-42-16-14-38/h4-10,17-21,28H,11-16H2,1-3H3,(H,34,40). The number of ether oxygens (including phenoxy) is 1. The van der Waals surface area contributed by atoms with E-state index in [0.717, 1.165) is 11.1 Å². The lowest BCUT2D eigenvalue weighted by Crippen LogP contribution is -2.45. The van der Waals surface area contributed by atoms with Gasteiger partial charge in [0.2, 0.25) is 11.9 Å². The van der Waals surface area contributed by atoms with Crippen molar-refractivity contribution in [3.05, 3.63) is 102 Å². The van der Waals surface area contributed by atoms with Crippen LogP contribution in [0, 0.1) is 5.82 Å². The number of morpholine rings is 1. The summed E-state index contributed by atoms with van der Waals surface area (Å²) in [5.74, 6) is -0.806. The van der Waals surface area contributed by atoms with Crippen molar-refractivity contribution in [2.75, 3.05) is 42.6 Å². The Morgan fingerprint density at radius 2 is 1.77 bits per heavy atom. The Bertz CT molecular complexity index is 1510. The average Bonchev–Trinajstić information content (AvgIpc) is 3.55. The van der Waals surface area contributed by atoms with Crippen molar-refractivity contribution in [3.63, 3.8) is 0 Å². The molecule has 5 rings (SSSR count). The molecular formula is C32H35FN6O4.